The van der Waals surface area contributed by atoms with Crippen molar-refractivity contribution in [3.05, 3.63) is 53.3 Å². The molecule has 2 aromatic rings. The van der Waals surface area contributed by atoms with Crippen LogP contribution >= 0.6 is 0 Å². The summed E-state index contributed by atoms with van der Waals surface area (Å²) in [6, 6.07) is 9.76. The molecular weight excluding hydrogens is 363 g/mol. The molecule has 0 N–H and O–H groups in total. The molecule has 0 radical (unpaired) electrons. The zero-order valence-corrected chi connectivity index (χ0v) is 16.6. The highest BCUT2D eigenvalue weighted by Gasteiger charge is 2.31. The summed E-state index contributed by atoms with van der Waals surface area (Å²) in [5.41, 5.74) is 1.03. The van der Waals surface area contributed by atoms with Crippen LogP contribution in [-0.2, 0) is 0 Å². The number of rotatable bonds is 5. The number of halogens is 1. The molecule has 1 aliphatic heterocycles. The molecule has 1 fully saturated rings. The molecule has 28 heavy (non-hydrogen) atoms. The Morgan fingerprint density at radius 1 is 1.04 bits per heavy atom. The molecule has 0 bridgehead atoms. The Bertz CT molecular complexity index is 833. The van der Waals surface area contributed by atoms with Gasteiger partial charge in [0.2, 0.25) is 5.75 Å². The minimum absolute atomic E-state index is 0.159. The first-order valence-electron chi connectivity index (χ1n) is 9.04. The lowest BCUT2D eigenvalue weighted by Gasteiger charge is -2.39. The van der Waals surface area contributed by atoms with Gasteiger partial charge in [0.25, 0.3) is 5.91 Å². The van der Waals surface area contributed by atoms with Gasteiger partial charge in [0, 0.05) is 30.8 Å². The Balaban J connectivity index is 1.89. The first kappa shape index (κ1) is 19.9. The maximum Gasteiger partial charge on any atom is 0.254 e. The molecule has 1 aliphatic rings. The van der Waals surface area contributed by atoms with E-state index in [1.165, 1.54) is 27.4 Å². The van der Waals surface area contributed by atoms with Crippen LogP contribution in [0.1, 0.15) is 22.0 Å². The molecule has 0 spiro atoms. The number of carbonyl (C=O) groups is 1. The van der Waals surface area contributed by atoms with E-state index < -0.39 is 0 Å². The fraction of sp³-hybridized carbons (Fsp3) is 0.381. The molecule has 3 rings (SSSR count). The summed E-state index contributed by atoms with van der Waals surface area (Å²) >= 11 is 0. The van der Waals surface area contributed by atoms with Crippen molar-refractivity contribution >= 4 is 5.91 Å². The summed E-state index contributed by atoms with van der Waals surface area (Å²) in [5, 5.41) is 0. The third-order valence-corrected chi connectivity index (χ3v) is 5.11. The Hall–Kier alpha value is -2.80. The first-order valence-corrected chi connectivity index (χ1v) is 9.04. The van der Waals surface area contributed by atoms with E-state index >= 15 is 0 Å². The highest BCUT2D eigenvalue weighted by molar-refractivity contribution is 5.95. The Labute approximate surface area is 164 Å². The number of amides is 1. The average molecular weight is 388 g/mol. The third kappa shape index (κ3) is 3.75. The second kappa shape index (κ2) is 8.48. The molecule has 7 heteroatoms. The number of piperazine rings is 1. The van der Waals surface area contributed by atoms with Gasteiger partial charge in [0.05, 0.1) is 27.4 Å². The lowest BCUT2D eigenvalue weighted by Crippen LogP contribution is -2.49. The van der Waals surface area contributed by atoms with Gasteiger partial charge in [0.1, 0.15) is 5.82 Å². The third-order valence-electron chi connectivity index (χ3n) is 5.11. The number of likely N-dealkylation sites (N-methyl/N-ethyl adjacent to an activating group) is 1. The number of benzene rings is 2. The van der Waals surface area contributed by atoms with Gasteiger partial charge in [-0.1, -0.05) is 18.2 Å². The fourth-order valence-electron chi connectivity index (χ4n) is 3.53. The summed E-state index contributed by atoms with van der Waals surface area (Å²) in [7, 11) is 6.48. The molecule has 0 aromatic heterocycles. The maximum atomic E-state index is 14.3. The Morgan fingerprint density at radius 2 is 1.68 bits per heavy atom. The van der Waals surface area contributed by atoms with Crippen LogP contribution in [0.15, 0.2) is 36.4 Å². The zero-order chi connectivity index (χ0) is 20.3. The van der Waals surface area contributed by atoms with Gasteiger partial charge in [-0.25, -0.2) is 4.39 Å². The van der Waals surface area contributed by atoms with Crippen LogP contribution in [0.5, 0.6) is 17.2 Å². The molecule has 1 saturated heterocycles. The molecule has 1 unspecified atom stereocenters. The van der Waals surface area contributed by atoms with Crippen molar-refractivity contribution in [2.45, 2.75) is 6.04 Å². The first-order chi connectivity index (χ1) is 13.5. The van der Waals surface area contributed by atoms with Gasteiger partial charge in [0.15, 0.2) is 11.5 Å². The van der Waals surface area contributed by atoms with Gasteiger partial charge in [-0.05, 0) is 25.2 Å². The fourth-order valence-corrected chi connectivity index (χ4v) is 3.53. The number of hydrogen-bond acceptors (Lipinski definition) is 5. The Kier molecular flexibility index (Phi) is 6.04. The number of nitrogens with zero attached hydrogens (tertiary/aromatic N) is 2. The molecule has 0 aliphatic carbocycles. The minimum Gasteiger partial charge on any atom is -0.493 e. The topological polar surface area (TPSA) is 51.2 Å². The largest absolute Gasteiger partial charge is 0.493 e. The van der Waals surface area contributed by atoms with Crippen molar-refractivity contribution in [2.24, 2.45) is 0 Å². The van der Waals surface area contributed by atoms with Crippen LogP contribution in [0.2, 0.25) is 0 Å². The second-order valence-corrected chi connectivity index (χ2v) is 6.68. The van der Waals surface area contributed by atoms with Crippen molar-refractivity contribution in [1.29, 1.82) is 0 Å². The van der Waals surface area contributed by atoms with Crippen LogP contribution in [0, 0.1) is 5.82 Å². The van der Waals surface area contributed by atoms with Crippen molar-refractivity contribution in [1.82, 2.24) is 9.80 Å². The number of carbonyl (C=O) groups excluding carboxylic acids is 1. The summed E-state index contributed by atoms with van der Waals surface area (Å²) in [6.45, 7) is 1.60. The molecule has 1 atom stereocenters. The lowest BCUT2D eigenvalue weighted by atomic mass is 10.0. The standard InChI is InChI=1S/C21H25FN2O4/c1-23-9-10-24(13-17(23)15-7-5-6-8-16(15)22)21(25)14-11-18(26-2)20(28-4)19(12-14)27-3/h5-8,11-12,17H,9-10,13H2,1-4H3. The van der Waals surface area contributed by atoms with E-state index in [4.69, 9.17) is 14.2 Å². The van der Waals surface area contributed by atoms with E-state index in [0.717, 1.165) is 0 Å². The second-order valence-electron chi connectivity index (χ2n) is 6.68. The maximum absolute atomic E-state index is 14.3. The molecule has 1 amide bonds. The van der Waals surface area contributed by atoms with E-state index in [1.54, 1.807) is 29.2 Å². The summed E-state index contributed by atoms with van der Waals surface area (Å²) in [5.74, 6) is 0.856. The molecular formula is C21H25FN2O4. The zero-order valence-electron chi connectivity index (χ0n) is 16.6. The number of methoxy groups -OCH3 is 3. The summed E-state index contributed by atoms with van der Waals surface area (Å²) in [6.07, 6.45) is 0. The molecule has 2 aromatic carbocycles. The van der Waals surface area contributed by atoms with Gasteiger partial charge in [-0.15, -0.1) is 0 Å². The highest BCUT2D eigenvalue weighted by Crippen LogP contribution is 2.38. The monoisotopic (exact) mass is 388 g/mol. The summed E-state index contributed by atoms with van der Waals surface area (Å²) < 4.78 is 30.3. The molecule has 150 valence electrons. The van der Waals surface area contributed by atoms with Crippen molar-refractivity contribution in [3.8, 4) is 17.2 Å². The molecule has 0 saturated carbocycles. The summed E-state index contributed by atoms with van der Waals surface area (Å²) in [4.78, 5) is 17.0. The smallest absolute Gasteiger partial charge is 0.254 e. The number of ether oxygens (including phenoxy) is 3. The van der Waals surface area contributed by atoms with Crippen LogP contribution in [0.4, 0.5) is 4.39 Å². The average Bonchev–Trinajstić information content (AvgIpc) is 2.73. The van der Waals surface area contributed by atoms with Gasteiger partial charge in [-0.3, -0.25) is 9.69 Å². The van der Waals surface area contributed by atoms with Crippen LogP contribution < -0.4 is 14.2 Å². The predicted octanol–water partition coefficient (Wildman–Crippen LogP) is 2.98. The van der Waals surface area contributed by atoms with E-state index in [2.05, 4.69) is 4.90 Å². The predicted molar refractivity (Wildman–Crippen MR) is 104 cm³/mol. The van der Waals surface area contributed by atoms with E-state index in [0.29, 0.717) is 48.0 Å². The van der Waals surface area contributed by atoms with Gasteiger partial charge < -0.3 is 19.1 Å². The van der Waals surface area contributed by atoms with Gasteiger partial charge in [-0.2, -0.15) is 0 Å². The van der Waals surface area contributed by atoms with Crippen molar-refractivity contribution < 1.29 is 23.4 Å². The lowest BCUT2D eigenvalue weighted by molar-refractivity contribution is 0.0540. The van der Waals surface area contributed by atoms with Crippen molar-refractivity contribution in [2.75, 3.05) is 48.0 Å². The Morgan fingerprint density at radius 3 is 2.25 bits per heavy atom. The SMILES string of the molecule is COc1cc(C(=O)N2CCN(C)C(c3ccccc3F)C2)cc(OC)c1OC. The number of hydrogen-bond donors (Lipinski definition) is 0. The molecule has 1 heterocycles. The van der Waals surface area contributed by atoms with E-state index in [-0.39, 0.29) is 17.8 Å². The van der Waals surface area contributed by atoms with Crippen LogP contribution in [0.25, 0.3) is 0 Å². The van der Waals surface area contributed by atoms with Crippen LogP contribution in [-0.4, -0.2) is 63.7 Å². The van der Waals surface area contributed by atoms with Crippen molar-refractivity contribution in [3.63, 3.8) is 0 Å². The molecule has 6 nitrogen and oxygen atoms in total. The minimum atomic E-state index is -0.263. The van der Waals surface area contributed by atoms with E-state index in [9.17, 15) is 9.18 Å². The highest BCUT2D eigenvalue weighted by atomic mass is 19.1. The van der Waals surface area contributed by atoms with E-state index in [1.807, 2.05) is 13.1 Å². The quantitative estimate of drug-likeness (QED) is 0.788. The van der Waals surface area contributed by atoms with Gasteiger partial charge >= 0.3 is 0 Å². The normalized spacial score (nSPS) is 17.3. The van der Waals surface area contributed by atoms with Crippen LogP contribution in [0.3, 0.4) is 0 Å².